The fraction of sp³-hybridized carbons (Fsp3) is 0.250. The van der Waals surface area contributed by atoms with Gasteiger partial charge in [0.2, 0.25) is 0 Å². The first-order valence-electron chi connectivity index (χ1n) is 3.61. The zero-order valence-electron chi connectivity index (χ0n) is 6.83. The third-order valence-electron chi connectivity index (χ3n) is 1.66. The van der Waals surface area contributed by atoms with Gasteiger partial charge in [-0.1, -0.05) is 23.2 Å². The minimum Gasteiger partial charge on any atom is -0.326 e. The molecule has 0 heterocycles. The molecule has 14 heavy (non-hydrogen) atoms. The zero-order valence-corrected chi connectivity index (χ0v) is 8.34. The lowest BCUT2D eigenvalue weighted by Crippen LogP contribution is -2.07. The van der Waals surface area contributed by atoms with E-state index in [4.69, 9.17) is 28.9 Å². The standard InChI is InChI=1S/C8H6Cl2F3N/c9-6-2-5(8(11,12)13)7(10)1-4(6)3-14/h1-2H,3,14H2. The highest BCUT2D eigenvalue weighted by molar-refractivity contribution is 6.34. The van der Waals surface area contributed by atoms with Gasteiger partial charge in [-0.25, -0.2) is 0 Å². The number of hydrogen-bond donors (Lipinski definition) is 1. The quantitative estimate of drug-likeness (QED) is 0.804. The van der Waals surface area contributed by atoms with E-state index in [1.807, 2.05) is 0 Å². The summed E-state index contributed by atoms with van der Waals surface area (Å²) in [6.07, 6.45) is -4.49. The van der Waals surface area contributed by atoms with Gasteiger partial charge in [0.05, 0.1) is 10.6 Å². The van der Waals surface area contributed by atoms with Crippen LogP contribution < -0.4 is 5.73 Å². The first kappa shape index (κ1) is 11.6. The molecule has 0 aromatic heterocycles. The summed E-state index contributed by atoms with van der Waals surface area (Å²) in [5.74, 6) is 0. The first-order valence-corrected chi connectivity index (χ1v) is 4.37. The van der Waals surface area contributed by atoms with Gasteiger partial charge >= 0.3 is 6.18 Å². The van der Waals surface area contributed by atoms with Crippen molar-refractivity contribution in [3.8, 4) is 0 Å². The molecule has 1 aromatic rings. The summed E-state index contributed by atoms with van der Waals surface area (Å²) in [5, 5.41) is -0.411. The van der Waals surface area contributed by atoms with Crippen molar-refractivity contribution in [2.75, 3.05) is 0 Å². The summed E-state index contributed by atoms with van der Waals surface area (Å²) >= 11 is 11.0. The van der Waals surface area contributed by atoms with Gasteiger partial charge in [0, 0.05) is 11.6 Å². The fourth-order valence-electron chi connectivity index (χ4n) is 0.962. The molecule has 78 valence electrons. The van der Waals surface area contributed by atoms with Crippen LogP contribution in [0.5, 0.6) is 0 Å². The molecule has 0 radical (unpaired) electrons. The molecule has 0 saturated carbocycles. The highest BCUT2D eigenvalue weighted by atomic mass is 35.5. The smallest absolute Gasteiger partial charge is 0.326 e. The van der Waals surface area contributed by atoms with Crippen LogP contribution in [0.4, 0.5) is 13.2 Å². The molecule has 2 N–H and O–H groups in total. The Bertz CT molecular complexity index is 349. The third kappa shape index (κ3) is 2.32. The van der Waals surface area contributed by atoms with E-state index in [9.17, 15) is 13.2 Å². The Morgan fingerprint density at radius 3 is 2.14 bits per heavy atom. The van der Waals surface area contributed by atoms with Crippen LogP contribution in [-0.4, -0.2) is 0 Å². The van der Waals surface area contributed by atoms with E-state index in [2.05, 4.69) is 0 Å². The van der Waals surface area contributed by atoms with Gasteiger partial charge in [-0.15, -0.1) is 0 Å². The van der Waals surface area contributed by atoms with Crippen molar-refractivity contribution in [3.05, 3.63) is 33.3 Å². The lowest BCUT2D eigenvalue weighted by molar-refractivity contribution is -0.137. The Morgan fingerprint density at radius 2 is 1.71 bits per heavy atom. The summed E-state index contributed by atoms with van der Waals surface area (Å²) in [6.45, 7) is 0.0523. The number of hydrogen-bond acceptors (Lipinski definition) is 1. The van der Waals surface area contributed by atoms with Crippen LogP contribution in [0, 0.1) is 0 Å². The van der Waals surface area contributed by atoms with E-state index in [0.717, 1.165) is 12.1 Å². The van der Waals surface area contributed by atoms with Crippen LogP contribution >= 0.6 is 23.2 Å². The molecular formula is C8H6Cl2F3N. The Labute approximate surface area is 88.6 Å². The normalized spacial score (nSPS) is 11.9. The van der Waals surface area contributed by atoms with Crippen molar-refractivity contribution < 1.29 is 13.2 Å². The fourth-order valence-corrected chi connectivity index (χ4v) is 1.50. The first-order chi connectivity index (χ1) is 6.36. The summed E-state index contributed by atoms with van der Waals surface area (Å²) < 4.78 is 36.9. The van der Waals surface area contributed by atoms with Crippen LogP contribution in [0.3, 0.4) is 0 Å². The van der Waals surface area contributed by atoms with Crippen molar-refractivity contribution in [2.24, 2.45) is 5.73 Å². The molecule has 0 aliphatic carbocycles. The molecule has 0 fully saturated rings. The minimum atomic E-state index is -4.49. The molecule has 1 aromatic carbocycles. The molecule has 0 unspecified atom stereocenters. The van der Waals surface area contributed by atoms with E-state index in [1.54, 1.807) is 0 Å². The highest BCUT2D eigenvalue weighted by Crippen LogP contribution is 2.37. The molecule has 1 nitrogen and oxygen atoms in total. The number of alkyl halides is 3. The highest BCUT2D eigenvalue weighted by Gasteiger charge is 2.33. The second-order valence-corrected chi connectivity index (χ2v) is 3.44. The molecule has 0 bridgehead atoms. The number of nitrogens with two attached hydrogens (primary N) is 1. The molecule has 0 spiro atoms. The third-order valence-corrected chi connectivity index (χ3v) is 2.33. The largest absolute Gasteiger partial charge is 0.417 e. The summed E-state index contributed by atoms with van der Waals surface area (Å²) in [4.78, 5) is 0. The maximum atomic E-state index is 12.3. The van der Waals surface area contributed by atoms with E-state index in [0.29, 0.717) is 5.56 Å². The van der Waals surface area contributed by atoms with Crippen molar-refractivity contribution in [3.63, 3.8) is 0 Å². The van der Waals surface area contributed by atoms with Gasteiger partial charge in [0.25, 0.3) is 0 Å². The lowest BCUT2D eigenvalue weighted by Gasteiger charge is -2.11. The molecular weight excluding hydrogens is 238 g/mol. The van der Waals surface area contributed by atoms with Crippen LogP contribution in [0.25, 0.3) is 0 Å². The zero-order chi connectivity index (χ0) is 10.9. The van der Waals surface area contributed by atoms with Gasteiger partial charge in [-0.3, -0.25) is 0 Å². The molecule has 0 atom stereocenters. The Balaban J connectivity index is 3.29. The van der Waals surface area contributed by atoms with Crippen LogP contribution in [0.15, 0.2) is 12.1 Å². The maximum absolute atomic E-state index is 12.3. The predicted molar refractivity (Wildman–Crippen MR) is 49.4 cm³/mol. The Hall–Kier alpha value is -0.450. The van der Waals surface area contributed by atoms with Crippen molar-refractivity contribution in [2.45, 2.75) is 12.7 Å². The van der Waals surface area contributed by atoms with Gasteiger partial charge in [0.15, 0.2) is 0 Å². The van der Waals surface area contributed by atoms with Crippen molar-refractivity contribution in [1.82, 2.24) is 0 Å². The summed E-state index contributed by atoms with van der Waals surface area (Å²) in [7, 11) is 0. The molecule has 0 saturated heterocycles. The van der Waals surface area contributed by atoms with E-state index in [-0.39, 0.29) is 16.6 Å². The second kappa shape index (κ2) is 3.96. The Kier molecular flexibility index (Phi) is 3.29. The maximum Gasteiger partial charge on any atom is 0.417 e. The van der Waals surface area contributed by atoms with Crippen LogP contribution in [0.2, 0.25) is 10.0 Å². The van der Waals surface area contributed by atoms with Crippen molar-refractivity contribution in [1.29, 1.82) is 0 Å². The Morgan fingerprint density at radius 1 is 1.14 bits per heavy atom. The van der Waals surface area contributed by atoms with Gasteiger partial charge in [-0.2, -0.15) is 13.2 Å². The van der Waals surface area contributed by atoms with E-state index >= 15 is 0 Å². The average molecular weight is 244 g/mol. The van der Waals surface area contributed by atoms with E-state index < -0.39 is 11.7 Å². The summed E-state index contributed by atoms with van der Waals surface area (Å²) in [6, 6.07) is 1.92. The van der Waals surface area contributed by atoms with Crippen LogP contribution in [0.1, 0.15) is 11.1 Å². The van der Waals surface area contributed by atoms with Gasteiger partial charge < -0.3 is 5.73 Å². The number of rotatable bonds is 1. The van der Waals surface area contributed by atoms with Crippen molar-refractivity contribution >= 4 is 23.2 Å². The molecule has 0 amide bonds. The molecule has 0 aliphatic rings. The molecule has 0 aliphatic heterocycles. The predicted octanol–water partition coefficient (Wildman–Crippen LogP) is 3.47. The lowest BCUT2D eigenvalue weighted by atomic mass is 10.1. The van der Waals surface area contributed by atoms with Gasteiger partial charge in [0.1, 0.15) is 0 Å². The SMILES string of the molecule is NCc1cc(Cl)c(C(F)(F)F)cc1Cl. The number of halogens is 5. The summed E-state index contributed by atoms with van der Waals surface area (Å²) in [5.41, 5.74) is 4.70. The molecule has 6 heteroatoms. The van der Waals surface area contributed by atoms with Crippen LogP contribution in [-0.2, 0) is 12.7 Å². The minimum absolute atomic E-state index is 0.0239. The topological polar surface area (TPSA) is 26.0 Å². The number of benzene rings is 1. The van der Waals surface area contributed by atoms with E-state index in [1.165, 1.54) is 0 Å². The van der Waals surface area contributed by atoms with Gasteiger partial charge in [-0.05, 0) is 17.7 Å². The molecule has 1 rings (SSSR count). The second-order valence-electron chi connectivity index (χ2n) is 2.63. The monoisotopic (exact) mass is 243 g/mol. The average Bonchev–Trinajstić information content (AvgIpc) is 2.06.